The van der Waals surface area contributed by atoms with Crippen LogP contribution in [0.25, 0.3) is 0 Å². The first kappa shape index (κ1) is 8.66. The summed E-state index contributed by atoms with van der Waals surface area (Å²) in [4.78, 5) is 0. The number of nitrogens with zero attached hydrogens (tertiary/aromatic N) is 1. The van der Waals surface area contributed by atoms with Crippen molar-refractivity contribution in [3.8, 4) is 0 Å². The van der Waals surface area contributed by atoms with Crippen LogP contribution in [0.3, 0.4) is 0 Å². The maximum Gasteiger partial charge on any atom is 0.0285 e. The summed E-state index contributed by atoms with van der Waals surface area (Å²) in [7, 11) is 3.97. The summed E-state index contributed by atoms with van der Waals surface area (Å²) in [6, 6.07) is 0. The molecule has 0 unspecified atom stereocenters. The fourth-order valence-electron chi connectivity index (χ4n) is 0.432. The van der Waals surface area contributed by atoms with E-state index in [1.807, 2.05) is 19.1 Å². The van der Waals surface area contributed by atoms with E-state index in [4.69, 9.17) is 0 Å². The third-order valence-corrected chi connectivity index (χ3v) is 0.918. The number of rotatable bonds is 3. The Bertz CT molecular complexity index is 91.1. The Morgan fingerprint density at radius 1 is 1.44 bits per heavy atom. The molecule has 0 aliphatic rings. The Morgan fingerprint density at radius 2 is 2.00 bits per heavy atom. The lowest BCUT2D eigenvalue weighted by Crippen LogP contribution is -2.30. The summed E-state index contributed by atoms with van der Waals surface area (Å²) in [5, 5.41) is 1.94. The van der Waals surface area contributed by atoms with Crippen molar-refractivity contribution < 1.29 is 0 Å². The predicted octanol–water partition coefficient (Wildman–Crippen LogP) is 1.02. The van der Waals surface area contributed by atoms with Gasteiger partial charge in [0.05, 0.1) is 0 Å². The Hall–Kier alpha value is -0.340. The molecule has 0 fully saturated rings. The molecule has 0 aromatic rings. The van der Waals surface area contributed by atoms with Crippen LogP contribution in [0.1, 0.15) is 13.8 Å². The van der Waals surface area contributed by atoms with Gasteiger partial charge in [-0.15, -0.1) is 0 Å². The van der Waals surface area contributed by atoms with Crippen molar-refractivity contribution in [2.45, 2.75) is 13.8 Å². The first-order valence-corrected chi connectivity index (χ1v) is 3.17. The summed E-state index contributed by atoms with van der Waals surface area (Å²) >= 11 is 0. The Balaban J connectivity index is 3.20. The van der Waals surface area contributed by atoms with E-state index in [1.165, 1.54) is 5.57 Å². The Kier molecular flexibility index (Phi) is 4.36. The average molecular weight is 128 g/mol. The maximum absolute atomic E-state index is 3.13. The molecule has 1 N–H and O–H groups in total. The highest BCUT2D eigenvalue weighted by Gasteiger charge is 1.81. The molecule has 9 heavy (non-hydrogen) atoms. The van der Waals surface area contributed by atoms with Gasteiger partial charge < -0.3 is 0 Å². The van der Waals surface area contributed by atoms with E-state index in [9.17, 15) is 0 Å². The van der Waals surface area contributed by atoms with Gasteiger partial charge in [0.1, 0.15) is 0 Å². The van der Waals surface area contributed by atoms with Gasteiger partial charge in [-0.2, -0.15) is 0 Å². The monoisotopic (exact) mass is 128 g/mol. The topological polar surface area (TPSA) is 15.3 Å². The number of hydrogen-bond acceptors (Lipinski definition) is 2. The van der Waals surface area contributed by atoms with Crippen LogP contribution in [0.4, 0.5) is 0 Å². The molecule has 0 heterocycles. The van der Waals surface area contributed by atoms with Crippen LogP contribution in [0, 0.1) is 0 Å². The molecule has 0 spiro atoms. The molecule has 0 bridgehead atoms. The molecule has 2 nitrogen and oxygen atoms in total. The second kappa shape index (κ2) is 4.53. The minimum absolute atomic E-state index is 0.926. The van der Waals surface area contributed by atoms with Crippen molar-refractivity contribution in [3.05, 3.63) is 11.6 Å². The van der Waals surface area contributed by atoms with E-state index in [2.05, 4.69) is 25.3 Å². The molecule has 54 valence electrons. The van der Waals surface area contributed by atoms with Gasteiger partial charge in [-0.3, -0.25) is 10.4 Å². The average Bonchev–Trinajstić information content (AvgIpc) is 1.63. The van der Waals surface area contributed by atoms with E-state index < -0.39 is 0 Å². The first-order chi connectivity index (χ1) is 4.13. The minimum Gasteiger partial charge on any atom is -0.252 e. The lowest BCUT2D eigenvalue weighted by molar-refractivity contribution is 0.306. The van der Waals surface area contributed by atoms with Crippen LogP contribution in [-0.2, 0) is 0 Å². The van der Waals surface area contributed by atoms with Crippen molar-refractivity contribution in [3.63, 3.8) is 0 Å². The second-order valence-corrected chi connectivity index (χ2v) is 2.54. The van der Waals surface area contributed by atoms with Crippen molar-refractivity contribution >= 4 is 0 Å². The van der Waals surface area contributed by atoms with Crippen LogP contribution >= 0.6 is 0 Å². The number of hydrazine groups is 1. The zero-order valence-electron chi connectivity index (χ0n) is 6.73. The minimum atomic E-state index is 0.926. The molecule has 0 radical (unpaired) electrons. The van der Waals surface area contributed by atoms with Gasteiger partial charge in [-0.25, -0.2) is 0 Å². The number of allylic oxidation sites excluding steroid dienone is 1. The zero-order valence-corrected chi connectivity index (χ0v) is 6.73. The molecule has 0 aromatic carbocycles. The van der Waals surface area contributed by atoms with E-state index in [0.717, 1.165) is 6.54 Å². The maximum atomic E-state index is 3.13. The summed E-state index contributed by atoms with van der Waals surface area (Å²) < 4.78 is 0. The van der Waals surface area contributed by atoms with Gasteiger partial charge in [0, 0.05) is 20.6 Å². The van der Waals surface area contributed by atoms with Crippen molar-refractivity contribution in [1.29, 1.82) is 0 Å². The van der Waals surface area contributed by atoms with Crippen LogP contribution in [0.5, 0.6) is 0 Å². The summed E-state index contributed by atoms with van der Waals surface area (Å²) in [6.07, 6.45) is 2.15. The lowest BCUT2D eigenvalue weighted by atomic mass is 10.3. The standard InChI is InChI=1S/C7H16N2/c1-7(2)5-6-8-9(3)4/h5,8H,6H2,1-4H3. The van der Waals surface area contributed by atoms with E-state index in [-0.39, 0.29) is 0 Å². The molecule has 0 rings (SSSR count). The van der Waals surface area contributed by atoms with Gasteiger partial charge in [-0.1, -0.05) is 11.6 Å². The molecular formula is C7H16N2. The smallest absolute Gasteiger partial charge is 0.0285 e. The quantitative estimate of drug-likeness (QED) is 0.451. The number of nitrogens with one attached hydrogen (secondary N) is 1. The molecular weight excluding hydrogens is 112 g/mol. The summed E-state index contributed by atoms with van der Waals surface area (Å²) in [5.41, 5.74) is 4.49. The normalized spacial score (nSPS) is 9.89. The highest BCUT2D eigenvalue weighted by Crippen LogP contribution is 1.84. The van der Waals surface area contributed by atoms with Crippen LogP contribution in [0.15, 0.2) is 11.6 Å². The molecule has 0 aromatic heterocycles. The predicted molar refractivity (Wildman–Crippen MR) is 41.1 cm³/mol. The molecule has 0 atom stereocenters. The van der Waals surface area contributed by atoms with Gasteiger partial charge in [0.15, 0.2) is 0 Å². The second-order valence-electron chi connectivity index (χ2n) is 2.54. The van der Waals surface area contributed by atoms with Crippen molar-refractivity contribution in [1.82, 2.24) is 10.4 Å². The first-order valence-electron chi connectivity index (χ1n) is 3.17. The van der Waals surface area contributed by atoms with Crippen LogP contribution in [0.2, 0.25) is 0 Å². The van der Waals surface area contributed by atoms with Gasteiger partial charge in [0.2, 0.25) is 0 Å². The third-order valence-electron chi connectivity index (χ3n) is 0.918. The van der Waals surface area contributed by atoms with Gasteiger partial charge >= 0.3 is 0 Å². The summed E-state index contributed by atoms with van der Waals surface area (Å²) in [5.74, 6) is 0. The molecule has 0 saturated heterocycles. The van der Waals surface area contributed by atoms with Gasteiger partial charge in [0.25, 0.3) is 0 Å². The zero-order chi connectivity index (χ0) is 7.28. The van der Waals surface area contributed by atoms with Crippen molar-refractivity contribution in [2.75, 3.05) is 20.6 Å². The fourth-order valence-corrected chi connectivity index (χ4v) is 0.432. The van der Waals surface area contributed by atoms with Crippen LogP contribution in [-0.4, -0.2) is 25.6 Å². The van der Waals surface area contributed by atoms with Crippen LogP contribution < -0.4 is 5.43 Å². The van der Waals surface area contributed by atoms with Gasteiger partial charge in [-0.05, 0) is 13.8 Å². The largest absolute Gasteiger partial charge is 0.252 e. The van der Waals surface area contributed by atoms with E-state index in [0.29, 0.717) is 0 Å². The Labute approximate surface area is 57.5 Å². The van der Waals surface area contributed by atoms with E-state index in [1.54, 1.807) is 0 Å². The molecule has 0 amide bonds. The fraction of sp³-hybridized carbons (Fsp3) is 0.714. The SMILES string of the molecule is CC(C)=CCNN(C)C. The lowest BCUT2D eigenvalue weighted by Gasteiger charge is -2.08. The highest BCUT2D eigenvalue weighted by molar-refractivity contribution is 4.93. The number of hydrogen-bond donors (Lipinski definition) is 1. The molecule has 2 heteroatoms. The molecule has 0 saturated carbocycles. The highest BCUT2D eigenvalue weighted by atomic mass is 15.5. The van der Waals surface area contributed by atoms with Crippen molar-refractivity contribution in [2.24, 2.45) is 0 Å². The Morgan fingerprint density at radius 3 is 2.33 bits per heavy atom. The third kappa shape index (κ3) is 7.66. The van der Waals surface area contributed by atoms with E-state index >= 15 is 0 Å². The molecule has 0 aliphatic carbocycles. The summed E-state index contributed by atoms with van der Waals surface area (Å²) in [6.45, 7) is 5.12. The molecule has 0 aliphatic heterocycles.